The number of nitrogens with one attached hydrogen (secondary N) is 2. The van der Waals surface area contributed by atoms with Crippen LogP contribution in [0.4, 0.5) is 0 Å². The van der Waals surface area contributed by atoms with Gasteiger partial charge in [-0.05, 0) is 89.7 Å². The van der Waals surface area contributed by atoms with Crippen LogP contribution in [0.15, 0.2) is 29.3 Å². The van der Waals surface area contributed by atoms with Crippen molar-refractivity contribution in [1.82, 2.24) is 35.2 Å². The number of halogens is 1. The Morgan fingerprint density at radius 1 is 1.02 bits per heavy atom. The zero-order chi connectivity index (χ0) is 30.6. The summed E-state index contributed by atoms with van der Waals surface area (Å²) in [7, 11) is 0. The minimum atomic E-state index is -0.442. The fraction of sp³-hybridized carbons (Fsp3) is 0.576. The van der Waals surface area contributed by atoms with Crippen LogP contribution in [-0.4, -0.2) is 95.1 Å². The molecule has 0 unspecified atom stereocenters. The Hall–Kier alpha value is -2.63. The molecule has 6 rings (SSSR count). The summed E-state index contributed by atoms with van der Waals surface area (Å²) in [6.45, 7) is 16.3. The maximum atomic E-state index is 13.3. The second-order valence-electron chi connectivity index (χ2n) is 12.5. The Labute approximate surface area is 270 Å². The maximum absolute atomic E-state index is 13.3. The SMILES string of the molecule is Cc1sc2c(c1C)C(c1ccc(Cl)cc1)=N[C@@H](CC(=O)NCCCCN1CCN(CC3CCNCC3)CC1)c1nnc(C)n1-2. The maximum Gasteiger partial charge on any atom is 0.222 e. The van der Waals surface area contributed by atoms with Gasteiger partial charge in [0.25, 0.3) is 0 Å². The average molecular weight is 637 g/mol. The van der Waals surface area contributed by atoms with E-state index in [2.05, 4.69) is 49.0 Å². The van der Waals surface area contributed by atoms with Crippen molar-refractivity contribution in [3.63, 3.8) is 0 Å². The molecule has 0 spiro atoms. The molecule has 3 aromatic rings. The number of thiophene rings is 1. The smallest absolute Gasteiger partial charge is 0.222 e. The highest BCUT2D eigenvalue weighted by molar-refractivity contribution is 7.15. The third-order valence-corrected chi connectivity index (χ3v) is 10.8. The van der Waals surface area contributed by atoms with Crippen LogP contribution in [0.1, 0.15) is 71.4 Å². The van der Waals surface area contributed by atoms with Crippen LogP contribution < -0.4 is 10.6 Å². The van der Waals surface area contributed by atoms with E-state index >= 15 is 0 Å². The van der Waals surface area contributed by atoms with Crippen molar-refractivity contribution in [3.05, 3.63) is 62.5 Å². The highest BCUT2D eigenvalue weighted by Gasteiger charge is 2.32. The average Bonchev–Trinajstić information content (AvgIpc) is 3.50. The summed E-state index contributed by atoms with van der Waals surface area (Å²) in [6, 6.07) is 7.34. The van der Waals surface area contributed by atoms with Gasteiger partial charge in [0, 0.05) is 60.3 Å². The summed E-state index contributed by atoms with van der Waals surface area (Å²) >= 11 is 7.95. The van der Waals surface area contributed by atoms with Gasteiger partial charge in [-0.3, -0.25) is 14.4 Å². The molecule has 0 bridgehead atoms. The summed E-state index contributed by atoms with van der Waals surface area (Å²) in [6.07, 6.45) is 4.91. The van der Waals surface area contributed by atoms with Crippen LogP contribution in [0.3, 0.4) is 0 Å². The van der Waals surface area contributed by atoms with Crippen molar-refractivity contribution >= 4 is 34.6 Å². The molecule has 0 radical (unpaired) electrons. The van der Waals surface area contributed by atoms with Crippen molar-refractivity contribution in [1.29, 1.82) is 0 Å². The second kappa shape index (κ2) is 14.2. The normalized spacial score (nSPS) is 19.7. The summed E-state index contributed by atoms with van der Waals surface area (Å²) in [4.78, 5) is 24.9. The number of rotatable bonds is 10. The lowest BCUT2D eigenvalue weighted by Crippen LogP contribution is -2.48. The van der Waals surface area contributed by atoms with Gasteiger partial charge in [0.05, 0.1) is 12.1 Å². The van der Waals surface area contributed by atoms with E-state index in [0.29, 0.717) is 17.4 Å². The molecular formula is C33H45ClN8OS. The lowest BCUT2D eigenvalue weighted by atomic mass is 9.97. The van der Waals surface area contributed by atoms with Crippen molar-refractivity contribution in [2.45, 2.75) is 58.9 Å². The number of carbonyl (C=O) groups excluding carboxylic acids is 1. The number of hydrogen-bond acceptors (Lipinski definition) is 8. The molecular weight excluding hydrogens is 592 g/mol. The van der Waals surface area contributed by atoms with Gasteiger partial charge in [-0.1, -0.05) is 23.7 Å². The molecule has 3 aliphatic rings. The molecule has 0 aliphatic carbocycles. The molecule has 9 nitrogen and oxygen atoms in total. The third kappa shape index (κ3) is 7.10. The highest BCUT2D eigenvalue weighted by Crippen LogP contribution is 2.39. The van der Waals surface area contributed by atoms with Crippen LogP contribution in [0, 0.1) is 26.7 Å². The zero-order valence-electron chi connectivity index (χ0n) is 26.2. The van der Waals surface area contributed by atoms with Crippen LogP contribution in [-0.2, 0) is 4.79 Å². The number of carbonyl (C=O) groups is 1. The first-order valence-corrected chi connectivity index (χ1v) is 17.4. The van der Waals surface area contributed by atoms with Gasteiger partial charge in [0.2, 0.25) is 5.91 Å². The molecule has 2 aromatic heterocycles. The van der Waals surface area contributed by atoms with Crippen LogP contribution in [0.25, 0.3) is 5.00 Å². The molecule has 2 fully saturated rings. The van der Waals surface area contributed by atoms with Crippen molar-refractivity contribution in [3.8, 4) is 5.00 Å². The number of piperazine rings is 1. The number of benzene rings is 1. The Kier molecular flexibility index (Phi) is 10.1. The van der Waals surface area contributed by atoms with Gasteiger partial charge < -0.3 is 20.4 Å². The summed E-state index contributed by atoms with van der Waals surface area (Å²) in [5, 5.41) is 17.3. The van der Waals surface area contributed by atoms with E-state index in [4.69, 9.17) is 16.6 Å². The van der Waals surface area contributed by atoms with Crippen molar-refractivity contribution in [2.24, 2.45) is 10.9 Å². The number of fused-ring (bicyclic) bond motifs is 3. The third-order valence-electron chi connectivity index (χ3n) is 9.40. The topological polar surface area (TPSA) is 90.7 Å². The first kappa shape index (κ1) is 31.4. The van der Waals surface area contributed by atoms with Gasteiger partial charge in [-0.2, -0.15) is 0 Å². The van der Waals surface area contributed by atoms with E-state index in [1.165, 1.54) is 56.0 Å². The quantitative estimate of drug-likeness (QED) is 0.314. The molecule has 3 aliphatic heterocycles. The molecule has 0 saturated carbocycles. The predicted molar refractivity (Wildman–Crippen MR) is 179 cm³/mol. The number of hydrogen-bond donors (Lipinski definition) is 2. The molecule has 2 saturated heterocycles. The number of nitrogens with zero attached hydrogens (tertiary/aromatic N) is 6. The molecule has 1 amide bonds. The number of aryl methyl sites for hydroxylation is 2. The van der Waals surface area contributed by atoms with Crippen LogP contribution >= 0.6 is 22.9 Å². The number of aromatic nitrogens is 3. The number of unbranched alkanes of at least 4 members (excludes halogenated alkanes) is 1. The molecule has 2 N–H and O–H groups in total. The first-order valence-electron chi connectivity index (χ1n) is 16.2. The van der Waals surface area contributed by atoms with E-state index in [0.717, 1.165) is 66.1 Å². The zero-order valence-corrected chi connectivity index (χ0v) is 27.8. The Bertz CT molecular complexity index is 1470. The fourth-order valence-corrected chi connectivity index (χ4v) is 8.03. The van der Waals surface area contributed by atoms with E-state index in [-0.39, 0.29) is 12.3 Å². The first-order chi connectivity index (χ1) is 21.4. The largest absolute Gasteiger partial charge is 0.356 e. The second-order valence-corrected chi connectivity index (χ2v) is 14.1. The standard InChI is InChI=1S/C33H45ClN8OS/c1-22-23(2)44-33-30(22)31(26-6-8-27(34)9-7-26)37-28(32-39-38-24(3)42(32)33)20-29(43)36-12-4-5-15-40-16-18-41(19-17-40)21-25-10-13-35-14-11-25/h6-9,25,28,35H,4-5,10-21H2,1-3H3,(H,36,43)/t28-/m0/s1. The molecule has 44 heavy (non-hydrogen) atoms. The minimum absolute atomic E-state index is 0.00825. The number of piperidine rings is 1. The molecule has 1 aromatic carbocycles. The molecule has 236 valence electrons. The molecule has 1 atom stereocenters. The van der Waals surface area contributed by atoms with Crippen LogP contribution in [0.5, 0.6) is 0 Å². The van der Waals surface area contributed by atoms with Gasteiger partial charge >= 0.3 is 0 Å². The number of amides is 1. The Balaban J connectivity index is 1.04. The summed E-state index contributed by atoms with van der Waals surface area (Å²) < 4.78 is 2.09. The van der Waals surface area contributed by atoms with Crippen molar-refractivity contribution < 1.29 is 4.79 Å². The van der Waals surface area contributed by atoms with Gasteiger partial charge in [-0.25, -0.2) is 0 Å². The minimum Gasteiger partial charge on any atom is -0.356 e. The van der Waals surface area contributed by atoms with Crippen LogP contribution in [0.2, 0.25) is 5.02 Å². The Morgan fingerprint density at radius 3 is 2.50 bits per heavy atom. The van der Waals surface area contributed by atoms with E-state index in [1.54, 1.807) is 11.3 Å². The fourth-order valence-electron chi connectivity index (χ4n) is 6.69. The van der Waals surface area contributed by atoms with Crippen molar-refractivity contribution in [2.75, 3.05) is 58.9 Å². The lowest BCUT2D eigenvalue weighted by molar-refractivity contribution is -0.121. The monoisotopic (exact) mass is 636 g/mol. The summed E-state index contributed by atoms with van der Waals surface area (Å²) in [5.41, 5.74) is 4.11. The highest BCUT2D eigenvalue weighted by atomic mass is 35.5. The lowest BCUT2D eigenvalue weighted by Gasteiger charge is -2.37. The van der Waals surface area contributed by atoms with E-state index in [9.17, 15) is 4.79 Å². The van der Waals surface area contributed by atoms with Gasteiger partial charge in [-0.15, -0.1) is 21.5 Å². The van der Waals surface area contributed by atoms with Gasteiger partial charge in [0.1, 0.15) is 16.9 Å². The number of aliphatic imine (C=N–C) groups is 1. The summed E-state index contributed by atoms with van der Waals surface area (Å²) in [5.74, 6) is 2.36. The van der Waals surface area contributed by atoms with Gasteiger partial charge in [0.15, 0.2) is 5.82 Å². The Morgan fingerprint density at radius 2 is 1.75 bits per heavy atom. The predicted octanol–water partition coefficient (Wildman–Crippen LogP) is 4.70. The molecule has 5 heterocycles. The molecule has 11 heteroatoms. The van der Waals surface area contributed by atoms with E-state index in [1.807, 2.05) is 31.2 Å². The van der Waals surface area contributed by atoms with E-state index < -0.39 is 6.04 Å².